The molecule has 4 heterocycles. The molecule has 2 aliphatic heterocycles. The third-order valence-corrected chi connectivity index (χ3v) is 6.09. The molecule has 0 bridgehead atoms. The van der Waals surface area contributed by atoms with Crippen LogP contribution in [0.25, 0.3) is 11.3 Å². The van der Waals surface area contributed by atoms with E-state index in [2.05, 4.69) is 10.3 Å². The van der Waals surface area contributed by atoms with Crippen LogP contribution in [-0.4, -0.2) is 50.7 Å². The SMILES string of the molecule is Cc1ccc2c(c1)C(=O)C[C@H]([C@H]1CCCN(C(=O)c3cc(-c4cnn(C)c4)no3)C1)O2. The highest BCUT2D eigenvalue weighted by molar-refractivity contribution is 6.00. The summed E-state index contributed by atoms with van der Waals surface area (Å²) < 4.78 is 13.2. The first-order valence-electron chi connectivity index (χ1n) is 10.5. The molecule has 5 rings (SSSR count). The van der Waals surface area contributed by atoms with Crippen molar-refractivity contribution in [2.75, 3.05) is 13.1 Å². The molecule has 0 aliphatic carbocycles. The first-order chi connectivity index (χ1) is 15.0. The molecule has 8 heteroatoms. The van der Waals surface area contributed by atoms with E-state index in [1.807, 2.05) is 38.4 Å². The summed E-state index contributed by atoms with van der Waals surface area (Å²) in [6, 6.07) is 7.36. The van der Waals surface area contributed by atoms with Gasteiger partial charge in [-0.05, 0) is 31.9 Å². The van der Waals surface area contributed by atoms with Crippen LogP contribution in [0.3, 0.4) is 0 Å². The Morgan fingerprint density at radius 3 is 2.94 bits per heavy atom. The minimum Gasteiger partial charge on any atom is -0.489 e. The number of nitrogens with zero attached hydrogens (tertiary/aromatic N) is 4. The molecule has 160 valence electrons. The minimum absolute atomic E-state index is 0.0943. The lowest BCUT2D eigenvalue weighted by molar-refractivity contribution is 0.0387. The van der Waals surface area contributed by atoms with E-state index in [4.69, 9.17) is 9.26 Å². The van der Waals surface area contributed by atoms with E-state index in [1.165, 1.54) is 0 Å². The lowest BCUT2D eigenvalue weighted by Gasteiger charge is -2.38. The van der Waals surface area contributed by atoms with Crippen LogP contribution in [-0.2, 0) is 7.05 Å². The summed E-state index contributed by atoms with van der Waals surface area (Å²) in [5.41, 5.74) is 3.08. The lowest BCUT2D eigenvalue weighted by atomic mass is 9.86. The Labute approximate surface area is 179 Å². The number of aromatic nitrogens is 3. The van der Waals surface area contributed by atoms with Crippen molar-refractivity contribution in [2.24, 2.45) is 13.0 Å². The summed E-state index contributed by atoms with van der Waals surface area (Å²) >= 11 is 0. The molecular weight excluding hydrogens is 396 g/mol. The van der Waals surface area contributed by atoms with Gasteiger partial charge in [-0.15, -0.1) is 0 Å². The highest BCUT2D eigenvalue weighted by Crippen LogP contribution is 2.34. The van der Waals surface area contributed by atoms with E-state index in [0.29, 0.717) is 36.5 Å². The summed E-state index contributed by atoms with van der Waals surface area (Å²) in [4.78, 5) is 27.5. The Kier molecular flexibility index (Phi) is 4.84. The zero-order valence-electron chi connectivity index (χ0n) is 17.6. The number of carbonyl (C=O) groups is 2. The standard InChI is InChI=1S/C23H24N4O4/c1-14-5-6-20-17(8-14)19(28)10-21(30-20)15-4-3-7-27(13-15)23(29)22-9-18(25-31-22)16-11-24-26(2)12-16/h5-6,8-9,11-12,15,21H,3-4,7,10,13H2,1-2H3/t15-,21+/m0/s1. The third-order valence-electron chi connectivity index (χ3n) is 6.09. The maximum Gasteiger partial charge on any atom is 0.292 e. The number of likely N-dealkylation sites (tertiary alicyclic amines) is 1. The van der Waals surface area contributed by atoms with Crippen LogP contribution < -0.4 is 4.74 Å². The number of piperidine rings is 1. The van der Waals surface area contributed by atoms with Crippen molar-refractivity contribution in [1.29, 1.82) is 0 Å². The van der Waals surface area contributed by atoms with E-state index in [9.17, 15) is 9.59 Å². The van der Waals surface area contributed by atoms with Gasteiger partial charge in [0, 0.05) is 50.3 Å². The van der Waals surface area contributed by atoms with Gasteiger partial charge in [0.2, 0.25) is 5.76 Å². The monoisotopic (exact) mass is 420 g/mol. The summed E-state index contributed by atoms with van der Waals surface area (Å²) in [5, 5.41) is 8.15. The quantitative estimate of drug-likeness (QED) is 0.646. The second kappa shape index (κ2) is 7.68. The number of benzene rings is 1. The maximum absolute atomic E-state index is 13.0. The summed E-state index contributed by atoms with van der Waals surface area (Å²) in [6.07, 6.45) is 5.39. The van der Waals surface area contributed by atoms with Gasteiger partial charge in [0.05, 0.1) is 11.8 Å². The number of carbonyl (C=O) groups excluding carboxylic acids is 2. The molecule has 0 saturated carbocycles. The minimum atomic E-state index is -0.223. The molecule has 3 aromatic rings. The zero-order valence-corrected chi connectivity index (χ0v) is 17.6. The van der Waals surface area contributed by atoms with E-state index in [1.54, 1.807) is 21.8 Å². The van der Waals surface area contributed by atoms with Crippen LogP contribution >= 0.6 is 0 Å². The fourth-order valence-corrected chi connectivity index (χ4v) is 4.44. The van der Waals surface area contributed by atoms with Gasteiger partial charge in [-0.3, -0.25) is 14.3 Å². The van der Waals surface area contributed by atoms with Crippen molar-refractivity contribution >= 4 is 11.7 Å². The predicted molar refractivity (Wildman–Crippen MR) is 112 cm³/mol. The van der Waals surface area contributed by atoms with Gasteiger partial charge >= 0.3 is 0 Å². The predicted octanol–water partition coefficient (Wildman–Crippen LogP) is 3.27. The average molecular weight is 420 g/mol. The fraction of sp³-hybridized carbons (Fsp3) is 0.391. The lowest BCUT2D eigenvalue weighted by Crippen LogP contribution is -2.46. The van der Waals surface area contributed by atoms with E-state index < -0.39 is 0 Å². The van der Waals surface area contributed by atoms with Crippen molar-refractivity contribution in [3.05, 3.63) is 53.5 Å². The van der Waals surface area contributed by atoms with E-state index >= 15 is 0 Å². The van der Waals surface area contributed by atoms with E-state index in [0.717, 1.165) is 24.0 Å². The zero-order chi connectivity index (χ0) is 21.5. The van der Waals surface area contributed by atoms with Gasteiger partial charge in [-0.2, -0.15) is 5.10 Å². The number of Topliss-reactive ketones (excluding diaryl/α,β-unsaturated/α-hetero) is 1. The van der Waals surface area contributed by atoms with Crippen molar-refractivity contribution in [1.82, 2.24) is 19.8 Å². The van der Waals surface area contributed by atoms with Crippen LogP contribution in [0.15, 0.2) is 41.2 Å². The molecule has 1 fully saturated rings. The number of hydrogen-bond acceptors (Lipinski definition) is 6. The molecule has 0 radical (unpaired) electrons. The van der Waals surface area contributed by atoms with Crippen LogP contribution in [0.2, 0.25) is 0 Å². The van der Waals surface area contributed by atoms with Gasteiger partial charge in [0.1, 0.15) is 17.5 Å². The molecule has 8 nitrogen and oxygen atoms in total. The summed E-state index contributed by atoms with van der Waals surface area (Å²) in [5.74, 6) is 0.865. The number of hydrogen-bond donors (Lipinski definition) is 0. The highest BCUT2D eigenvalue weighted by atomic mass is 16.5. The van der Waals surface area contributed by atoms with Crippen LogP contribution in [0.5, 0.6) is 5.75 Å². The number of ketones is 1. The molecule has 2 atom stereocenters. The first kappa shape index (κ1) is 19.5. The molecule has 1 aromatic carbocycles. The van der Waals surface area contributed by atoms with Crippen LogP contribution in [0, 0.1) is 12.8 Å². The maximum atomic E-state index is 13.0. The van der Waals surface area contributed by atoms with Gasteiger partial charge in [-0.25, -0.2) is 0 Å². The molecule has 1 saturated heterocycles. The second-order valence-corrected chi connectivity index (χ2v) is 8.42. The van der Waals surface area contributed by atoms with Gasteiger partial charge in [-0.1, -0.05) is 16.8 Å². The first-order valence-corrected chi connectivity index (χ1v) is 10.5. The van der Waals surface area contributed by atoms with E-state index in [-0.39, 0.29) is 29.5 Å². The Balaban J connectivity index is 1.29. The Morgan fingerprint density at radius 1 is 1.26 bits per heavy atom. The largest absolute Gasteiger partial charge is 0.489 e. The smallest absolute Gasteiger partial charge is 0.292 e. The highest BCUT2D eigenvalue weighted by Gasteiger charge is 2.36. The summed E-state index contributed by atoms with van der Waals surface area (Å²) in [6.45, 7) is 3.14. The molecule has 31 heavy (non-hydrogen) atoms. The average Bonchev–Trinajstić information content (AvgIpc) is 3.43. The van der Waals surface area contributed by atoms with Crippen LogP contribution in [0.1, 0.15) is 45.7 Å². The molecule has 0 spiro atoms. The number of aryl methyl sites for hydroxylation is 2. The molecular formula is C23H24N4O4. The fourth-order valence-electron chi connectivity index (χ4n) is 4.44. The molecule has 1 amide bonds. The number of amides is 1. The third kappa shape index (κ3) is 3.73. The molecule has 0 unspecified atom stereocenters. The molecule has 2 aliphatic rings. The topological polar surface area (TPSA) is 90.5 Å². The van der Waals surface area contributed by atoms with Crippen molar-refractivity contribution < 1.29 is 18.8 Å². The van der Waals surface area contributed by atoms with Crippen molar-refractivity contribution in [2.45, 2.75) is 32.3 Å². The summed E-state index contributed by atoms with van der Waals surface area (Å²) in [7, 11) is 1.82. The van der Waals surface area contributed by atoms with Crippen molar-refractivity contribution in [3.63, 3.8) is 0 Å². The van der Waals surface area contributed by atoms with Crippen molar-refractivity contribution in [3.8, 4) is 17.0 Å². The second-order valence-electron chi connectivity index (χ2n) is 8.42. The van der Waals surface area contributed by atoms with Gasteiger partial charge < -0.3 is 14.2 Å². The molecule has 0 N–H and O–H groups in total. The molecule has 2 aromatic heterocycles. The number of fused-ring (bicyclic) bond motifs is 1. The Hall–Kier alpha value is -3.42. The van der Waals surface area contributed by atoms with Gasteiger partial charge in [0.15, 0.2) is 5.78 Å². The van der Waals surface area contributed by atoms with Crippen LogP contribution in [0.4, 0.5) is 0 Å². The number of ether oxygens (including phenoxy) is 1. The Bertz CT molecular complexity index is 1150. The number of rotatable bonds is 3. The van der Waals surface area contributed by atoms with Gasteiger partial charge in [0.25, 0.3) is 5.91 Å². The normalized spacial score (nSPS) is 21.0. The Morgan fingerprint density at radius 2 is 2.13 bits per heavy atom.